The van der Waals surface area contributed by atoms with E-state index in [9.17, 15) is 9.59 Å². The Labute approximate surface area is 216 Å². The highest BCUT2D eigenvalue weighted by molar-refractivity contribution is 7.99. The SMILES string of the molecule is CCOC(=O)CSc1nc2c(c(=O)n1Cc1ccc(OC)cc1)C1(CCCCC1)Cc1ccccc1-2. The first-order valence-corrected chi connectivity index (χ1v) is 13.7. The molecule has 188 valence electrons. The fourth-order valence-corrected chi connectivity index (χ4v) is 6.50. The molecule has 0 unspecified atom stereocenters. The van der Waals surface area contributed by atoms with E-state index in [-0.39, 0.29) is 22.7 Å². The number of methoxy groups -OCH3 is 1. The van der Waals surface area contributed by atoms with Crippen molar-refractivity contribution in [2.45, 2.75) is 62.6 Å². The molecule has 3 aromatic rings. The Balaban J connectivity index is 1.66. The van der Waals surface area contributed by atoms with Crippen LogP contribution >= 0.6 is 11.8 Å². The normalized spacial score (nSPS) is 15.7. The Kier molecular flexibility index (Phi) is 7.19. The van der Waals surface area contributed by atoms with Crippen LogP contribution in [0.2, 0.25) is 0 Å². The number of fused-ring (bicyclic) bond motifs is 4. The van der Waals surface area contributed by atoms with E-state index in [1.165, 1.54) is 23.7 Å². The second kappa shape index (κ2) is 10.5. The molecule has 1 fully saturated rings. The summed E-state index contributed by atoms with van der Waals surface area (Å²) >= 11 is 1.27. The van der Waals surface area contributed by atoms with Gasteiger partial charge in [0.15, 0.2) is 5.16 Å². The summed E-state index contributed by atoms with van der Waals surface area (Å²) in [6.45, 7) is 2.50. The van der Waals surface area contributed by atoms with Crippen molar-refractivity contribution < 1.29 is 14.3 Å². The molecule has 2 aromatic carbocycles. The van der Waals surface area contributed by atoms with Crippen molar-refractivity contribution in [3.8, 4) is 17.0 Å². The standard InChI is InChI=1S/C29H32N2O4S/c1-3-35-24(32)19-36-28-30-26-23-10-6-5-9-21(23)17-29(15-7-4-8-16-29)25(26)27(33)31(28)18-20-11-13-22(34-2)14-12-20/h5-6,9-14H,3-4,7-8,15-19H2,1-2H3. The molecule has 0 amide bonds. The number of rotatable bonds is 7. The van der Waals surface area contributed by atoms with Crippen molar-refractivity contribution in [3.63, 3.8) is 0 Å². The molecule has 0 saturated heterocycles. The number of carbonyl (C=O) groups excluding carboxylic acids is 1. The number of hydrogen-bond donors (Lipinski definition) is 0. The minimum Gasteiger partial charge on any atom is -0.497 e. The van der Waals surface area contributed by atoms with E-state index in [4.69, 9.17) is 14.5 Å². The Morgan fingerprint density at radius 1 is 1.08 bits per heavy atom. The van der Waals surface area contributed by atoms with E-state index in [0.29, 0.717) is 18.3 Å². The molecule has 2 aliphatic rings. The third-order valence-electron chi connectivity index (χ3n) is 7.40. The highest BCUT2D eigenvalue weighted by Gasteiger charge is 2.43. The highest BCUT2D eigenvalue weighted by Crippen LogP contribution is 2.48. The average Bonchev–Trinajstić information content (AvgIpc) is 2.90. The molecule has 2 aliphatic carbocycles. The second-order valence-corrected chi connectivity index (χ2v) is 10.6. The molecular formula is C29H32N2O4S. The summed E-state index contributed by atoms with van der Waals surface area (Å²) in [5.74, 6) is 0.563. The predicted molar refractivity (Wildman–Crippen MR) is 142 cm³/mol. The first-order chi connectivity index (χ1) is 17.5. The van der Waals surface area contributed by atoms with Gasteiger partial charge in [-0.05, 0) is 49.4 Å². The van der Waals surface area contributed by atoms with E-state index in [0.717, 1.165) is 60.2 Å². The van der Waals surface area contributed by atoms with Crippen molar-refractivity contribution in [1.82, 2.24) is 9.55 Å². The maximum Gasteiger partial charge on any atom is 0.316 e. The Morgan fingerprint density at radius 3 is 2.56 bits per heavy atom. The number of hydrogen-bond acceptors (Lipinski definition) is 6. The van der Waals surface area contributed by atoms with Crippen LogP contribution in [-0.4, -0.2) is 35.0 Å². The topological polar surface area (TPSA) is 70.4 Å². The van der Waals surface area contributed by atoms with Crippen LogP contribution < -0.4 is 10.3 Å². The van der Waals surface area contributed by atoms with E-state index >= 15 is 0 Å². The van der Waals surface area contributed by atoms with Crippen molar-refractivity contribution in [3.05, 3.63) is 75.6 Å². The van der Waals surface area contributed by atoms with Crippen LogP contribution in [0.5, 0.6) is 5.75 Å². The lowest BCUT2D eigenvalue weighted by Crippen LogP contribution is -2.43. The Hall–Kier alpha value is -3.06. The van der Waals surface area contributed by atoms with E-state index < -0.39 is 0 Å². The highest BCUT2D eigenvalue weighted by atomic mass is 32.2. The summed E-state index contributed by atoms with van der Waals surface area (Å²) < 4.78 is 12.2. The van der Waals surface area contributed by atoms with Crippen LogP contribution in [0.1, 0.15) is 55.7 Å². The van der Waals surface area contributed by atoms with Crippen molar-refractivity contribution in [2.75, 3.05) is 19.5 Å². The number of aromatic nitrogens is 2. The van der Waals surface area contributed by atoms with Crippen LogP contribution in [0.15, 0.2) is 58.5 Å². The minimum absolute atomic E-state index is 0.0126. The van der Waals surface area contributed by atoms with Gasteiger partial charge in [0, 0.05) is 11.0 Å². The van der Waals surface area contributed by atoms with Gasteiger partial charge in [0.25, 0.3) is 5.56 Å². The molecule has 5 rings (SSSR count). The maximum atomic E-state index is 14.4. The molecule has 0 N–H and O–H groups in total. The number of benzene rings is 2. The number of thioether (sulfide) groups is 1. The molecule has 0 bridgehead atoms. The van der Waals surface area contributed by atoms with Crippen LogP contribution in [-0.2, 0) is 27.9 Å². The van der Waals surface area contributed by atoms with E-state index in [2.05, 4.69) is 18.2 Å². The lowest BCUT2D eigenvalue weighted by molar-refractivity contribution is -0.139. The summed E-state index contributed by atoms with van der Waals surface area (Å²) in [4.78, 5) is 31.7. The quantitative estimate of drug-likeness (QED) is 0.244. The van der Waals surface area contributed by atoms with Gasteiger partial charge in [0.1, 0.15) is 5.75 Å². The average molecular weight is 505 g/mol. The van der Waals surface area contributed by atoms with Gasteiger partial charge in [-0.1, -0.05) is 67.4 Å². The number of esters is 1. The monoisotopic (exact) mass is 504 g/mol. The molecule has 1 spiro atoms. The molecule has 7 heteroatoms. The summed E-state index contributed by atoms with van der Waals surface area (Å²) in [6, 6.07) is 16.1. The summed E-state index contributed by atoms with van der Waals surface area (Å²) in [7, 11) is 1.64. The van der Waals surface area contributed by atoms with Crippen molar-refractivity contribution in [2.24, 2.45) is 0 Å². The maximum absolute atomic E-state index is 14.4. The summed E-state index contributed by atoms with van der Waals surface area (Å²) in [5, 5.41) is 0.547. The lowest BCUT2D eigenvalue weighted by Gasteiger charge is -2.42. The van der Waals surface area contributed by atoms with E-state index in [1.807, 2.05) is 30.3 Å². The molecule has 6 nitrogen and oxygen atoms in total. The number of ether oxygens (including phenoxy) is 2. The Morgan fingerprint density at radius 2 is 1.83 bits per heavy atom. The van der Waals surface area contributed by atoms with Crippen LogP contribution in [0.25, 0.3) is 11.3 Å². The van der Waals surface area contributed by atoms with Crippen LogP contribution in [0.3, 0.4) is 0 Å². The predicted octanol–water partition coefficient (Wildman–Crippen LogP) is 5.38. The third-order valence-corrected chi connectivity index (χ3v) is 8.35. The first kappa shape index (κ1) is 24.6. The molecule has 1 saturated carbocycles. The summed E-state index contributed by atoms with van der Waals surface area (Å²) in [5.41, 5.74) is 4.75. The second-order valence-electron chi connectivity index (χ2n) is 9.63. The lowest BCUT2D eigenvalue weighted by atomic mass is 9.62. The van der Waals surface area contributed by atoms with Gasteiger partial charge in [-0.15, -0.1) is 0 Å². The Bertz CT molecular complexity index is 1310. The third kappa shape index (κ3) is 4.69. The van der Waals surface area contributed by atoms with Crippen molar-refractivity contribution in [1.29, 1.82) is 0 Å². The molecule has 0 aliphatic heterocycles. The largest absolute Gasteiger partial charge is 0.497 e. The zero-order valence-electron chi connectivity index (χ0n) is 20.9. The smallest absolute Gasteiger partial charge is 0.316 e. The minimum atomic E-state index is -0.311. The summed E-state index contributed by atoms with van der Waals surface area (Å²) in [6.07, 6.45) is 6.34. The van der Waals surface area contributed by atoms with Crippen molar-refractivity contribution >= 4 is 17.7 Å². The number of nitrogens with zero attached hydrogens (tertiary/aromatic N) is 2. The van der Waals surface area contributed by atoms with Crippen LogP contribution in [0.4, 0.5) is 0 Å². The molecule has 36 heavy (non-hydrogen) atoms. The van der Waals surface area contributed by atoms with Gasteiger partial charge in [-0.2, -0.15) is 0 Å². The van der Waals surface area contributed by atoms with Gasteiger partial charge < -0.3 is 9.47 Å². The fourth-order valence-electron chi connectivity index (χ4n) is 5.71. The van der Waals surface area contributed by atoms with Gasteiger partial charge >= 0.3 is 5.97 Å². The van der Waals surface area contributed by atoms with Gasteiger partial charge in [0.2, 0.25) is 0 Å². The van der Waals surface area contributed by atoms with Gasteiger partial charge in [-0.3, -0.25) is 14.2 Å². The molecule has 0 atom stereocenters. The number of carbonyl (C=O) groups is 1. The molecular weight excluding hydrogens is 472 g/mol. The zero-order valence-corrected chi connectivity index (χ0v) is 21.7. The molecule has 0 radical (unpaired) electrons. The zero-order chi connectivity index (χ0) is 25.1. The fraction of sp³-hybridized carbons (Fsp3) is 0.414. The van der Waals surface area contributed by atoms with Crippen LogP contribution in [0, 0.1) is 0 Å². The molecule has 1 aromatic heterocycles. The van der Waals surface area contributed by atoms with Gasteiger partial charge in [-0.25, -0.2) is 4.98 Å². The van der Waals surface area contributed by atoms with E-state index in [1.54, 1.807) is 18.6 Å². The molecule has 1 heterocycles. The first-order valence-electron chi connectivity index (χ1n) is 12.7. The van der Waals surface area contributed by atoms with Gasteiger partial charge in [0.05, 0.1) is 37.3 Å².